The van der Waals surface area contributed by atoms with Gasteiger partial charge in [0, 0.05) is 32.4 Å². The van der Waals surface area contributed by atoms with Gasteiger partial charge in [-0.2, -0.15) is 13.2 Å². The van der Waals surface area contributed by atoms with E-state index in [0.29, 0.717) is 48.7 Å². The quantitative estimate of drug-likeness (QED) is 0.456. The predicted molar refractivity (Wildman–Crippen MR) is 141 cm³/mol. The molecule has 7 rings (SSSR count). The lowest BCUT2D eigenvalue weighted by molar-refractivity contribution is -0.147. The summed E-state index contributed by atoms with van der Waals surface area (Å²) >= 11 is 0.336. The number of alkyl halides is 3. The van der Waals surface area contributed by atoms with E-state index in [1.54, 1.807) is 13.0 Å². The number of hydrogen-bond acceptors (Lipinski definition) is 10. The van der Waals surface area contributed by atoms with Crippen molar-refractivity contribution in [2.75, 3.05) is 51.3 Å². The number of nitrogens with one attached hydrogen (secondary N) is 1. The van der Waals surface area contributed by atoms with Crippen LogP contribution in [0.15, 0.2) is 23.4 Å². The third kappa shape index (κ3) is 4.31. The van der Waals surface area contributed by atoms with Gasteiger partial charge in [-0.05, 0) is 32.9 Å². The highest BCUT2D eigenvalue weighted by Crippen LogP contribution is 2.46. The summed E-state index contributed by atoms with van der Waals surface area (Å²) in [6, 6.07) is 1.46. The molecule has 41 heavy (non-hydrogen) atoms. The fourth-order valence-electron chi connectivity index (χ4n) is 6.02. The number of amides is 1. The topological polar surface area (TPSA) is 125 Å². The third-order valence-corrected chi connectivity index (χ3v) is 11.0. The summed E-state index contributed by atoms with van der Waals surface area (Å²) in [7, 11) is -2.10. The van der Waals surface area contributed by atoms with Crippen molar-refractivity contribution in [3.63, 3.8) is 0 Å². The van der Waals surface area contributed by atoms with E-state index in [-0.39, 0.29) is 46.4 Å². The van der Waals surface area contributed by atoms with Gasteiger partial charge in [0.2, 0.25) is 20.9 Å². The Balaban J connectivity index is 1.30. The summed E-state index contributed by atoms with van der Waals surface area (Å²) in [6.45, 7) is 4.25. The molecule has 1 N–H and O–H groups in total. The van der Waals surface area contributed by atoms with Gasteiger partial charge in [-0.15, -0.1) is 10.2 Å². The van der Waals surface area contributed by atoms with Crippen molar-refractivity contribution in [3.05, 3.63) is 23.5 Å². The van der Waals surface area contributed by atoms with Crippen molar-refractivity contribution in [1.82, 2.24) is 34.1 Å². The van der Waals surface area contributed by atoms with Crippen molar-refractivity contribution in [2.45, 2.75) is 48.0 Å². The minimum absolute atomic E-state index is 0.0476. The molecule has 6 heterocycles. The zero-order valence-corrected chi connectivity index (χ0v) is 23.8. The molecule has 0 aromatic carbocycles. The van der Waals surface area contributed by atoms with Crippen LogP contribution in [0.25, 0.3) is 16.3 Å². The smallest absolute Gasteiger partial charge is 0.377 e. The predicted octanol–water partition coefficient (Wildman–Crippen LogP) is 1.43. The van der Waals surface area contributed by atoms with E-state index in [2.05, 4.69) is 24.8 Å². The van der Waals surface area contributed by atoms with Gasteiger partial charge in [-0.3, -0.25) is 14.1 Å². The second-order valence-electron chi connectivity index (χ2n) is 11.5. The van der Waals surface area contributed by atoms with Gasteiger partial charge in [0.25, 0.3) is 0 Å². The van der Waals surface area contributed by atoms with Crippen LogP contribution in [0.4, 0.5) is 18.9 Å². The number of rotatable bonds is 5. The zero-order chi connectivity index (χ0) is 28.9. The van der Waals surface area contributed by atoms with E-state index >= 15 is 0 Å². The summed E-state index contributed by atoms with van der Waals surface area (Å²) in [5.41, 5.74) is -0.110. The highest BCUT2D eigenvalue weighted by atomic mass is 32.2. The number of hydrogen-bond donors (Lipinski definition) is 1. The Kier molecular flexibility index (Phi) is 5.81. The minimum Gasteiger partial charge on any atom is -0.377 e. The molecule has 1 amide bonds. The molecule has 4 fully saturated rings. The molecule has 0 bridgehead atoms. The third-order valence-electron chi connectivity index (χ3n) is 8.41. The number of anilines is 1. The van der Waals surface area contributed by atoms with Gasteiger partial charge in [0.15, 0.2) is 10.8 Å². The number of nitrogens with zero attached hydrogens (tertiary/aromatic N) is 7. The second kappa shape index (κ2) is 8.82. The number of fused-ring (bicyclic) bond motifs is 2. The van der Waals surface area contributed by atoms with E-state index in [1.807, 2.05) is 16.8 Å². The molecule has 0 radical (unpaired) electrons. The fraction of sp³-hybridized carbons (Fsp3) is 0.583. The van der Waals surface area contributed by atoms with E-state index < -0.39 is 26.7 Å². The maximum Gasteiger partial charge on any atom is 0.445 e. The summed E-state index contributed by atoms with van der Waals surface area (Å²) in [4.78, 5) is 23.6. The van der Waals surface area contributed by atoms with Crippen molar-refractivity contribution in [3.8, 4) is 10.8 Å². The first-order valence-corrected chi connectivity index (χ1v) is 15.4. The standard InChI is InChI=1S/C24H27F3N8O4S2/c1-22(12-39-13-22)31-41(37,38)15-7-16(33-5-6-34-14(10-33)9-32(2)23(3-4-23)21(34)36)17-8-28-18(35(17)11-15)19-29-30-20(40-19)24(25,26)27/h7-8,11,14,31H,3-6,9-10,12-13H2,1-2H3. The number of halogens is 3. The van der Waals surface area contributed by atoms with Crippen LogP contribution in [0.3, 0.4) is 0 Å². The van der Waals surface area contributed by atoms with Crippen LogP contribution in [0.1, 0.15) is 24.8 Å². The lowest BCUT2D eigenvalue weighted by Crippen LogP contribution is -2.68. The van der Waals surface area contributed by atoms with Gasteiger partial charge in [0.05, 0.1) is 42.2 Å². The number of carbonyl (C=O) groups is 1. The molecule has 1 unspecified atom stereocenters. The maximum atomic E-state index is 13.6. The molecule has 1 aliphatic carbocycles. The number of carbonyl (C=O) groups excluding carboxylic acids is 1. The summed E-state index contributed by atoms with van der Waals surface area (Å²) in [5, 5.41) is 5.76. The molecule has 4 aliphatic rings. The van der Waals surface area contributed by atoms with Crippen molar-refractivity contribution in [2.24, 2.45) is 0 Å². The van der Waals surface area contributed by atoms with Crippen LogP contribution >= 0.6 is 11.3 Å². The van der Waals surface area contributed by atoms with Crippen LogP contribution in [0, 0.1) is 0 Å². The molecule has 3 aromatic heterocycles. The number of piperazine rings is 2. The monoisotopic (exact) mass is 612 g/mol. The van der Waals surface area contributed by atoms with Crippen molar-refractivity contribution >= 4 is 38.5 Å². The summed E-state index contributed by atoms with van der Waals surface area (Å²) in [6.07, 6.45) is -0.129. The summed E-state index contributed by atoms with van der Waals surface area (Å²) < 4.78 is 76.3. The molecule has 3 aromatic rings. The molecule has 1 saturated carbocycles. The Hall–Kier alpha value is -2.86. The molecular weight excluding hydrogens is 585 g/mol. The number of imidazole rings is 1. The van der Waals surface area contributed by atoms with Crippen LogP contribution < -0.4 is 9.62 Å². The first-order chi connectivity index (χ1) is 19.3. The van der Waals surface area contributed by atoms with Crippen LogP contribution in [0.5, 0.6) is 0 Å². The lowest BCUT2D eigenvalue weighted by Gasteiger charge is -2.50. The average Bonchev–Trinajstić information content (AvgIpc) is 3.33. The van der Waals surface area contributed by atoms with Gasteiger partial charge < -0.3 is 14.5 Å². The Bertz CT molecular complexity index is 1660. The largest absolute Gasteiger partial charge is 0.445 e. The Morgan fingerprint density at radius 2 is 1.93 bits per heavy atom. The van der Waals surface area contributed by atoms with Crippen LogP contribution in [-0.4, -0.2) is 107 Å². The zero-order valence-electron chi connectivity index (χ0n) is 22.2. The van der Waals surface area contributed by atoms with Crippen LogP contribution in [-0.2, 0) is 25.7 Å². The molecule has 220 valence electrons. The number of sulfonamides is 1. The first kappa shape index (κ1) is 27.0. The Morgan fingerprint density at radius 1 is 1.17 bits per heavy atom. The first-order valence-electron chi connectivity index (χ1n) is 13.1. The molecule has 17 heteroatoms. The number of likely N-dealkylation sites (N-methyl/N-ethyl adjacent to an activating group) is 1. The Labute approximate surface area is 237 Å². The van der Waals surface area contributed by atoms with Gasteiger partial charge >= 0.3 is 6.18 Å². The van der Waals surface area contributed by atoms with Crippen molar-refractivity contribution < 1.29 is 31.1 Å². The van der Waals surface area contributed by atoms with E-state index in [4.69, 9.17) is 4.74 Å². The number of ether oxygens (including phenoxy) is 1. The lowest BCUT2D eigenvalue weighted by atomic mass is 10.0. The molecule has 1 spiro atoms. The number of pyridine rings is 1. The maximum absolute atomic E-state index is 13.6. The van der Waals surface area contributed by atoms with E-state index in [1.165, 1.54) is 16.8 Å². The average molecular weight is 613 g/mol. The molecular formula is C24H27F3N8O4S2. The van der Waals surface area contributed by atoms with Crippen molar-refractivity contribution in [1.29, 1.82) is 0 Å². The number of aromatic nitrogens is 4. The Morgan fingerprint density at radius 3 is 2.56 bits per heavy atom. The van der Waals surface area contributed by atoms with Gasteiger partial charge in [-0.1, -0.05) is 11.3 Å². The molecule has 3 aliphatic heterocycles. The normalized spacial score (nSPS) is 24.1. The highest BCUT2D eigenvalue weighted by molar-refractivity contribution is 7.89. The second-order valence-corrected chi connectivity index (χ2v) is 14.1. The molecule has 3 saturated heterocycles. The van der Waals surface area contributed by atoms with E-state index in [0.717, 1.165) is 12.8 Å². The van der Waals surface area contributed by atoms with Crippen LogP contribution in [0.2, 0.25) is 0 Å². The molecule has 12 nitrogen and oxygen atoms in total. The van der Waals surface area contributed by atoms with Gasteiger partial charge in [0.1, 0.15) is 10.4 Å². The highest BCUT2D eigenvalue weighted by Gasteiger charge is 2.59. The SMILES string of the molecule is CN1CC2CN(c3cc(S(=O)(=O)NC4(C)COC4)cn4c(-c5nnc(C(F)(F)F)s5)ncc34)CCN2C(=O)C12CC2. The van der Waals surface area contributed by atoms with E-state index in [9.17, 15) is 26.4 Å². The van der Waals surface area contributed by atoms with Gasteiger partial charge in [-0.25, -0.2) is 18.1 Å². The molecule has 1 atom stereocenters. The minimum atomic E-state index is -4.67. The summed E-state index contributed by atoms with van der Waals surface area (Å²) in [5.74, 6) is 0.187. The fourth-order valence-corrected chi connectivity index (χ4v) is 8.12.